The topological polar surface area (TPSA) is 69.6 Å². The van der Waals surface area contributed by atoms with E-state index in [0.29, 0.717) is 25.5 Å². The van der Waals surface area contributed by atoms with E-state index in [4.69, 9.17) is 5.11 Å². The van der Waals surface area contributed by atoms with Gasteiger partial charge < -0.3 is 15.3 Å². The number of nitrogens with one attached hydrogen (secondary N) is 1. The van der Waals surface area contributed by atoms with Gasteiger partial charge in [-0.05, 0) is 31.4 Å². The van der Waals surface area contributed by atoms with Crippen LogP contribution >= 0.6 is 0 Å². The molecule has 0 aliphatic carbocycles. The Hall–Kier alpha value is -2.18. The van der Waals surface area contributed by atoms with Crippen molar-refractivity contribution in [2.75, 3.05) is 11.9 Å². The first-order valence-corrected chi connectivity index (χ1v) is 6.24. The van der Waals surface area contributed by atoms with Crippen LogP contribution in [0.3, 0.4) is 0 Å². The van der Waals surface area contributed by atoms with E-state index in [2.05, 4.69) is 5.32 Å². The van der Waals surface area contributed by atoms with E-state index in [1.807, 2.05) is 0 Å². The Balaban J connectivity index is 2.11. The van der Waals surface area contributed by atoms with Crippen LogP contribution in [-0.4, -0.2) is 34.6 Å². The molecule has 1 saturated heterocycles. The summed E-state index contributed by atoms with van der Waals surface area (Å²) in [6, 6.07) is 1.07. The molecule has 2 rings (SSSR count). The number of carboxylic acid groups (broad SMARTS) is 1. The monoisotopic (exact) mass is 284 g/mol. The zero-order chi connectivity index (χ0) is 14.7. The lowest BCUT2D eigenvalue weighted by Crippen LogP contribution is -2.49. The molecule has 5 nitrogen and oxygen atoms in total. The van der Waals surface area contributed by atoms with Gasteiger partial charge in [-0.15, -0.1) is 0 Å². The second kappa shape index (κ2) is 5.85. The van der Waals surface area contributed by atoms with Crippen molar-refractivity contribution in [2.24, 2.45) is 0 Å². The maximum atomic E-state index is 13.0. The van der Waals surface area contributed by atoms with Crippen LogP contribution in [0.15, 0.2) is 18.2 Å². The fourth-order valence-electron chi connectivity index (χ4n) is 2.25. The number of urea groups is 1. The average molecular weight is 284 g/mol. The van der Waals surface area contributed by atoms with Crippen molar-refractivity contribution in [3.8, 4) is 0 Å². The highest BCUT2D eigenvalue weighted by molar-refractivity contribution is 5.92. The van der Waals surface area contributed by atoms with E-state index in [9.17, 15) is 18.4 Å². The van der Waals surface area contributed by atoms with Crippen LogP contribution in [0.4, 0.5) is 19.3 Å². The number of halogens is 2. The van der Waals surface area contributed by atoms with Crippen molar-refractivity contribution in [3.63, 3.8) is 0 Å². The van der Waals surface area contributed by atoms with E-state index >= 15 is 0 Å². The van der Waals surface area contributed by atoms with Gasteiger partial charge in [-0.2, -0.15) is 0 Å². The van der Waals surface area contributed by atoms with Crippen LogP contribution in [-0.2, 0) is 4.79 Å². The van der Waals surface area contributed by atoms with Crippen molar-refractivity contribution in [1.82, 2.24) is 4.90 Å². The summed E-state index contributed by atoms with van der Waals surface area (Å²) in [6.07, 6.45) is 1.81. The Morgan fingerprint density at radius 2 is 1.85 bits per heavy atom. The number of rotatable bonds is 2. The highest BCUT2D eigenvalue weighted by Crippen LogP contribution is 2.19. The summed E-state index contributed by atoms with van der Waals surface area (Å²) in [5.41, 5.74) is -0.0396. The number of carbonyl (C=O) groups is 2. The molecular formula is C13H14F2N2O3. The van der Waals surface area contributed by atoms with Gasteiger partial charge in [-0.25, -0.2) is 18.4 Å². The zero-order valence-electron chi connectivity index (χ0n) is 10.6. The van der Waals surface area contributed by atoms with Gasteiger partial charge in [0.25, 0.3) is 0 Å². The van der Waals surface area contributed by atoms with Crippen LogP contribution in [0.1, 0.15) is 19.3 Å². The predicted molar refractivity (Wildman–Crippen MR) is 67.4 cm³/mol. The number of carbonyl (C=O) groups excluding carboxylic acids is 1. The molecule has 2 amide bonds. The molecule has 2 N–H and O–H groups in total. The summed E-state index contributed by atoms with van der Waals surface area (Å²) >= 11 is 0. The molecule has 0 aromatic heterocycles. The number of likely N-dealkylation sites (tertiary alicyclic amines) is 1. The molecule has 0 spiro atoms. The summed E-state index contributed by atoms with van der Waals surface area (Å²) in [6.45, 7) is 0.306. The summed E-state index contributed by atoms with van der Waals surface area (Å²) < 4.78 is 26.1. The lowest BCUT2D eigenvalue weighted by molar-refractivity contribution is -0.143. The average Bonchev–Trinajstić information content (AvgIpc) is 2.37. The van der Waals surface area contributed by atoms with E-state index in [1.165, 1.54) is 4.90 Å². The quantitative estimate of drug-likeness (QED) is 0.876. The molecule has 1 atom stereocenters. The molecule has 0 radical (unpaired) electrons. The number of amides is 2. The number of carboxylic acids is 1. The number of piperidine rings is 1. The Labute approximate surface area is 114 Å². The van der Waals surface area contributed by atoms with Gasteiger partial charge >= 0.3 is 12.0 Å². The number of hydrogen-bond acceptors (Lipinski definition) is 2. The normalized spacial score (nSPS) is 18.7. The van der Waals surface area contributed by atoms with E-state index in [-0.39, 0.29) is 5.69 Å². The minimum Gasteiger partial charge on any atom is -0.480 e. The lowest BCUT2D eigenvalue weighted by Gasteiger charge is -2.32. The smallest absolute Gasteiger partial charge is 0.326 e. The molecular weight excluding hydrogens is 270 g/mol. The molecule has 20 heavy (non-hydrogen) atoms. The highest BCUT2D eigenvalue weighted by atomic mass is 19.1. The largest absolute Gasteiger partial charge is 0.480 e. The number of aliphatic carboxylic acids is 1. The Morgan fingerprint density at radius 3 is 2.45 bits per heavy atom. The molecule has 1 fully saturated rings. The van der Waals surface area contributed by atoms with Crippen LogP contribution in [0, 0.1) is 11.6 Å². The number of anilines is 1. The standard InChI is InChI=1S/C13H14F2N2O3/c14-8-5-9(15)7-10(6-8)16-13(20)17-4-2-1-3-11(17)12(18)19/h5-7,11H,1-4H2,(H,16,20)(H,18,19). The van der Waals surface area contributed by atoms with Crippen molar-refractivity contribution in [1.29, 1.82) is 0 Å². The molecule has 1 aliphatic rings. The maximum Gasteiger partial charge on any atom is 0.326 e. The van der Waals surface area contributed by atoms with E-state index in [0.717, 1.165) is 18.6 Å². The fraction of sp³-hybridized carbons (Fsp3) is 0.385. The molecule has 0 saturated carbocycles. The van der Waals surface area contributed by atoms with Gasteiger partial charge in [0.1, 0.15) is 17.7 Å². The zero-order valence-corrected chi connectivity index (χ0v) is 10.6. The molecule has 1 aromatic rings. The third kappa shape index (κ3) is 3.23. The first-order chi connectivity index (χ1) is 9.47. The third-order valence-corrected chi connectivity index (χ3v) is 3.16. The Morgan fingerprint density at radius 1 is 1.20 bits per heavy atom. The van der Waals surface area contributed by atoms with E-state index in [1.54, 1.807) is 0 Å². The van der Waals surface area contributed by atoms with Gasteiger partial charge in [0.05, 0.1) is 0 Å². The Kier molecular flexibility index (Phi) is 4.16. The number of nitrogens with zero attached hydrogens (tertiary/aromatic N) is 1. The van der Waals surface area contributed by atoms with Crippen LogP contribution in [0.25, 0.3) is 0 Å². The van der Waals surface area contributed by atoms with Crippen LogP contribution in [0.2, 0.25) is 0 Å². The van der Waals surface area contributed by atoms with Crippen molar-refractivity contribution < 1.29 is 23.5 Å². The van der Waals surface area contributed by atoms with E-state index < -0.39 is 29.7 Å². The number of benzene rings is 1. The predicted octanol–water partition coefficient (Wildman–Crippen LogP) is 2.44. The van der Waals surface area contributed by atoms with Gasteiger partial charge in [0, 0.05) is 18.3 Å². The second-order valence-corrected chi connectivity index (χ2v) is 4.63. The second-order valence-electron chi connectivity index (χ2n) is 4.63. The van der Waals surface area contributed by atoms with Gasteiger partial charge in [-0.1, -0.05) is 0 Å². The van der Waals surface area contributed by atoms with Crippen molar-refractivity contribution >= 4 is 17.7 Å². The van der Waals surface area contributed by atoms with Gasteiger partial charge in [0.2, 0.25) is 0 Å². The maximum absolute atomic E-state index is 13.0. The fourth-order valence-corrected chi connectivity index (χ4v) is 2.25. The van der Waals surface area contributed by atoms with Crippen molar-refractivity contribution in [2.45, 2.75) is 25.3 Å². The minimum absolute atomic E-state index is 0.0396. The van der Waals surface area contributed by atoms with Crippen molar-refractivity contribution in [3.05, 3.63) is 29.8 Å². The van der Waals surface area contributed by atoms with Crippen LogP contribution < -0.4 is 5.32 Å². The van der Waals surface area contributed by atoms with Gasteiger partial charge in [0.15, 0.2) is 0 Å². The van der Waals surface area contributed by atoms with Crippen LogP contribution in [0.5, 0.6) is 0 Å². The molecule has 7 heteroatoms. The molecule has 108 valence electrons. The SMILES string of the molecule is O=C(O)C1CCCCN1C(=O)Nc1cc(F)cc(F)c1. The summed E-state index contributed by atoms with van der Waals surface area (Å²) in [5, 5.41) is 11.4. The summed E-state index contributed by atoms with van der Waals surface area (Å²) in [7, 11) is 0. The third-order valence-electron chi connectivity index (χ3n) is 3.16. The molecule has 0 bridgehead atoms. The summed E-state index contributed by atoms with van der Waals surface area (Å²) in [4.78, 5) is 24.3. The molecule has 1 unspecified atom stereocenters. The first-order valence-electron chi connectivity index (χ1n) is 6.24. The molecule has 1 heterocycles. The lowest BCUT2D eigenvalue weighted by atomic mass is 10.0. The van der Waals surface area contributed by atoms with Gasteiger partial charge in [-0.3, -0.25) is 0 Å². The molecule has 1 aliphatic heterocycles. The number of hydrogen-bond donors (Lipinski definition) is 2. The summed E-state index contributed by atoms with van der Waals surface area (Å²) in [5.74, 6) is -2.70. The highest BCUT2D eigenvalue weighted by Gasteiger charge is 2.31. The Bertz CT molecular complexity index is 516. The molecule has 1 aromatic carbocycles. The first kappa shape index (κ1) is 14.2. The minimum atomic E-state index is -1.08.